The molecule has 0 saturated heterocycles. The Morgan fingerprint density at radius 1 is 0.893 bits per heavy atom. The molecule has 2 aromatic carbocycles. The molecule has 0 N–H and O–H groups in total. The van der Waals surface area contributed by atoms with Gasteiger partial charge in [0.25, 0.3) is 0 Å². The minimum Gasteiger partial charge on any atom is -0.497 e. The Kier molecular flexibility index (Phi) is 4.87. The molecule has 1 unspecified atom stereocenters. The quantitative estimate of drug-likeness (QED) is 0.662. The molecule has 1 atom stereocenters. The van der Waals surface area contributed by atoms with Crippen LogP contribution >= 0.6 is 0 Å². The fourth-order valence-electron chi connectivity index (χ4n) is 3.65. The van der Waals surface area contributed by atoms with Crippen LogP contribution in [0.1, 0.15) is 17.3 Å². The van der Waals surface area contributed by atoms with E-state index in [9.17, 15) is 8.42 Å². The molecule has 0 saturated carbocycles. The van der Waals surface area contributed by atoms with Crippen LogP contribution in [0.4, 0.5) is 0 Å². The van der Waals surface area contributed by atoms with Gasteiger partial charge in [0, 0.05) is 25.0 Å². The smallest absolute Gasteiger partial charge is 0.244 e. The zero-order chi connectivity index (χ0) is 19.7. The summed E-state index contributed by atoms with van der Waals surface area (Å²) in [6, 6.07) is 17.6. The summed E-state index contributed by atoms with van der Waals surface area (Å²) in [5.74, 6) is 1.32. The first-order valence-corrected chi connectivity index (χ1v) is 10.4. The number of hydrogen-bond donors (Lipinski definition) is 0. The van der Waals surface area contributed by atoms with Gasteiger partial charge in [-0.2, -0.15) is 4.31 Å². The zero-order valence-corrected chi connectivity index (χ0v) is 16.6. The molecule has 2 heterocycles. The van der Waals surface area contributed by atoms with Crippen LogP contribution in [0.2, 0.25) is 0 Å². The standard InChI is InChI=1S/C21H22N2O4S/c1-26-17-8-10-19(11-9-17)28(24,25)23-14-13-22-12-4-7-20(22)21(23)16-5-3-6-18(15-16)27-2/h3-12,15,21H,13-14H2,1-2H3. The van der Waals surface area contributed by atoms with E-state index in [0.29, 0.717) is 24.6 Å². The fourth-order valence-corrected chi connectivity index (χ4v) is 5.23. The first-order chi connectivity index (χ1) is 13.5. The summed E-state index contributed by atoms with van der Waals surface area (Å²) in [7, 11) is -0.539. The molecule has 1 aliphatic heterocycles. The Morgan fingerprint density at radius 2 is 1.64 bits per heavy atom. The van der Waals surface area contributed by atoms with Gasteiger partial charge in [0.1, 0.15) is 11.5 Å². The molecule has 0 fully saturated rings. The summed E-state index contributed by atoms with van der Waals surface area (Å²) in [4.78, 5) is 0.251. The largest absolute Gasteiger partial charge is 0.497 e. The van der Waals surface area contributed by atoms with Gasteiger partial charge in [0.05, 0.1) is 25.2 Å². The van der Waals surface area contributed by atoms with Crippen molar-refractivity contribution in [1.82, 2.24) is 8.87 Å². The molecule has 0 amide bonds. The average molecular weight is 398 g/mol. The van der Waals surface area contributed by atoms with Crippen molar-refractivity contribution < 1.29 is 17.9 Å². The second-order valence-corrected chi connectivity index (χ2v) is 8.49. The number of methoxy groups -OCH3 is 2. The molecule has 146 valence electrons. The van der Waals surface area contributed by atoms with Gasteiger partial charge in [-0.15, -0.1) is 0 Å². The van der Waals surface area contributed by atoms with Crippen molar-refractivity contribution in [2.24, 2.45) is 0 Å². The minimum absolute atomic E-state index is 0.251. The third-order valence-corrected chi connectivity index (χ3v) is 6.95. The number of ether oxygens (including phenoxy) is 2. The lowest BCUT2D eigenvalue weighted by Gasteiger charge is -2.36. The number of rotatable bonds is 5. The number of aromatic nitrogens is 1. The average Bonchev–Trinajstić information content (AvgIpc) is 3.22. The predicted molar refractivity (Wildman–Crippen MR) is 106 cm³/mol. The van der Waals surface area contributed by atoms with E-state index in [-0.39, 0.29) is 4.90 Å². The van der Waals surface area contributed by atoms with Crippen LogP contribution in [0.25, 0.3) is 0 Å². The highest BCUT2D eigenvalue weighted by Crippen LogP contribution is 2.37. The molecular formula is C21H22N2O4S. The maximum atomic E-state index is 13.5. The van der Waals surface area contributed by atoms with E-state index in [1.54, 1.807) is 42.8 Å². The molecule has 6 nitrogen and oxygen atoms in total. The van der Waals surface area contributed by atoms with Crippen LogP contribution in [0.5, 0.6) is 11.5 Å². The topological polar surface area (TPSA) is 60.8 Å². The van der Waals surface area contributed by atoms with Gasteiger partial charge < -0.3 is 14.0 Å². The molecule has 0 aliphatic carbocycles. The van der Waals surface area contributed by atoms with Gasteiger partial charge in [0.2, 0.25) is 10.0 Å². The Labute approximate surface area is 165 Å². The normalized spacial score (nSPS) is 17.1. The summed E-state index contributed by atoms with van der Waals surface area (Å²) in [5.41, 5.74) is 1.81. The van der Waals surface area contributed by atoms with Crippen molar-refractivity contribution in [3.8, 4) is 11.5 Å². The highest BCUT2D eigenvalue weighted by atomic mass is 32.2. The van der Waals surface area contributed by atoms with E-state index >= 15 is 0 Å². The zero-order valence-electron chi connectivity index (χ0n) is 15.8. The molecule has 1 aliphatic rings. The van der Waals surface area contributed by atoms with E-state index < -0.39 is 16.1 Å². The maximum absolute atomic E-state index is 13.5. The second-order valence-electron chi connectivity index (χ2n) is 6.60. The van der Waals surface area contributed by atoms with Crippen molar-refractivity contribution in [2.45, 2.75) is 17.5 Å². The number of nitrogens with zero attached hydrogens (tertiary/aromatic N) is 2. The Bertz CT molecular complexity index is 1070. The highest BCUT2D eigenvalue weighted by molar-refractivity contribution is 7.89. The van der Waals surface area contributed by atoms with Crippen molar-refractivity contribution in [1.29, 1.82) is 0 Å². The first kappa shape index (κ1) is 18.6. The first-order valence-electron chi connectivity index (χ1n) is 8.99. The van der Waals surface area contributed by atoms with Gasteiger partial charge in [-0.05, 0) is 54.1 Å². The van der Waals surface area contributed by atoms with E-state index in [0.717, 1.165) is 11.3 Å². The van der Waals surface area contributed by atoms with Crippen LogP contribution in [0.3, 0.4) is 0 Å². The van der Waals surface area contributed by atoms with E-state index in [1.807, 2.05) is 42.6 Å². The summed E-state index contributed by atoms with van der Waals surface area (Å²) in [6.07, 6.45) is 1.99. The molecule has 3 aromatic rings. The Balaban J connectivity index is 1.81. The summed E-state index contributed by atoms with van der Waals surface area (Å²) in [5, 5.41) is 0. The van der Waals surface area contributed by atoms with Crippen LogP contribution in [-0.2, 0) is 16.6 Å². The van der Waals surface area contributed by atoms with Gasteiger partial charge in [-0.3, -0.25) is 0 Å². The molecule has 4 rings (SSSR count). The van der Waals surface area contributed by atoms with Gasteiger partial charge >= 0.3 is 0 Å². The molecule has 0 bridgehead atoms. The third-order valence-electron chi connectivity index (χ3n) is 5.07. The van der Waals surface area contributed by atoms with Crippen molar-refractivity contribution in [2.75, 3.05) is 20.8 Å². The molecule has 0 radical (unpaired) electrons. The molecule has 0 spiro atoms. The summed E-state index contributed by atoms with van der Waals surface area (Å²) in [6.45, 7) is 0.996. The monoisotopic (exact) mass is 398 g/mol. The minimum atomic E-state index is -3.70. The summed E-state index contributed by atoms with van der Waals surface area (Å²) < 4.78 is 41.2. The van der Waals surface area contributed by atoms with Crippen molar-refractivity contribution in [3.63, 3.8) is 0 Å². The fraction of sp³-hybridized carbons (Fsp3) is 0.238. The van der Waals surface area contributed by atoms with Crippen molar-refractivity contribution in [3.05, 3.63) is 78.1 Å². The van der Waals surface area contributed by atoms with Crippen LogP contribution in [0, 0.1) is 0 Å². The maximum Gasteiger partial charge on any atom is 0.244 e. The third kappa shape index (κ3) is 3.16. The number of fused-ring (bicyclic) bond motifs is 1. The van der Waals surface area contributed by atoms with E-state index in [1.165, 1.54) is 0 Å². The van der Waals surface area contributed by atoms with Crippen LogP contribution in [0.15, 0.2) is 71.8 Å². The Morgan fingerprint density at radius 3 is 2.36 bits per heavy atom. The number of benzene rings is 2. The van der Waals surface area contributed by atoms with Crippen LogP contribution < -0.4 is 9.47 Å². The SMILES string of the molecule is COc1ccc(S(=O)(=O)N2CCn3cccc3C2c2cccc(OC)c2)cc1. The molecule has 7 heteroatoms. The van der Waals surface area contributed by atoms with E-state index in [4.69, 9.17) is 9.47 Å². The lowest BCUT2D eigenvalue weighted by atomic mass is 10.0. The van der Waals surface area contributed by atoms with E-state index in [2.05, 4.69) is 4.57 Å². The lowest BCUT2D eigenvalue weighted by Crippen LogP contribution is -2.42. The number of sulfonamides is 1. The number of hydrogen-bond acceptors (Lipinski definition) is 4. The van der Waals surface area contributed by atoms with Crippen molar-refractivity contribution >= 4 is 10.0 Å². The predicted octanol–water partition coefficient (Wildman–Crippen LogP) is 3.30. The van der Waals surface area contributed by atoms with Crippen LogP contribution in [-0.4, -0.2) is 38.1 Å². The highest BCUT2D eigenvalue weighted by Gasteiger charge is 2.37. The molecular weight excluding hydrogens is 376 g/mol. The molecule has 1 aromatic heterocycles. The molecule has 28 heavy (non-hydrogen) atoms. The van der Waals surface area contributed by atoms with Gasteiger partial charge in [-0.25, -0.2) is 8.42 Å². The second kappa shape index (κ2) is 7.33. The van der Waals surface area contributed by atoms with Gasteiger partial charge in [0.15, 0.2) is 0 Å². The lowest BCUT2D eigenvalue weighted by molar-refractivity contribution is 0.297. The van der Waals surface area contributed by atoms with Gasteiger partial charge in [-0.1, -0.05) is 12.1 Å². The Hall–Kier alpha value is -2.77. The summed E-state index contributed by atoms with van der Waals surface area (Å²) >= 11 is 0.